The lowest BCUT2D eigenvalue weighted by Gasteiger charge is -2.20. The van der Waals surface area contributed by atoms with Gasteiger partial charge in [0.05, 0.1) is 6.54 Å². The van der Waals surface area contributed by atoms with Crippen LogP contribution in [0.4, 0.5) is 13.2 Å². The van der Waals surface area contributed by atoms with Crippen molar-refractivity contribution in [2.45, 2.75) is 45.8 Å². The summed E-state index contributed by atoms with van der Waals surface area (Å²) < 4.78 is 37.3. The fourth-order valence-corrected chi connectivity index (χ4v) is 2.89. The van der Waals surface area contributed by atoms with Crippen molar-refractivity contribution >= 4 is 29.9 Å². The van der Waals surface area contributed by atoms with E-state index in [9.17, 15) is 13.2 Å². The fraction of sp³-hybridized carbons (Fsp3) is 0.938. The van der Waals surface area contributed by atoms with E-state index in [1.54, 1.807) is 0 Å². The summed E-state index contributed by atoms with van der Waals surface area (Å²) in [6, 6.07) is 0.0212. The van der Waals surface area contributed by atoms with Crippen molar-refractivity contribution in [1.82, 2.24) is 20.4 Å². The zero-order valence-corrected chi connectivity index (χ0v) is 17.9. The Hall–Kier alpha value is -0.290. The van der Waals surface area contributed by atoms with Crippen molar-refractivity contribution in [2.75, 3.05) is 52.4 Å². The van der Waals surface area contributed by atoms with Crippen LogP contribution < -0.4 is 10.6 Å². The van der Waals surface area contributed by atoms with Crippen LogP contribution in [0.25, 0.3) is 0 Å². The number of nitrogens with zero attached hydrogens (tertiary/aromatic N) is 3. The van der Waals surface area contributed by atoms with E-state index in [1.165, 1.54) is 4.90 Å². The third kappa shape index (κ3) is 11.1. The molecule has 1 saturated heterocycles. The molecule has 0 amide bonds. The van der Waals surface area contributed by atoms with Crippen LogP contribution in [0.1, 0.15) is 33.6 Å². The second-order valence-electron chi connectivity index (χ2n) is 6.12. The maximum atomic E-state index is 12.4. The predicted octanol–water partition coefficient (Wildman–Crippen LogP) is 2.53. The SMILES string of the molecule is CCNC(=NCCCN(CC)CC)NC1CCN(CC(F)(F)F)C1.I. The summed E-state index contributed by atoms with van der Waals surface area (Å²) in [6.07, 6.45) is -2.44. The van der Waals surface area contributed by atoms with Gasteiger partial charge in [-0.05, 0) is 39.4 Å². The molecule has 1 aliphatic heterocycles. The molecule has 0 aromatic heterocycles. The number of hydrogen-bond donors (Lipinski definition) is 2. The topological polar surface area (TPSA) is 42.9 Å². The molecule has 0 saturated carbocycles. The summed E-state index contributed by atoms with van der Waals surface area (Å²) >= 11 is 0. The molecule has 2 N–H and O–H groups in total. The smallest absolute Gasteiger partial charge is 0.357 e. The summed E-state index contributed by atoms with van der Waals surface area (Å²) in [5.41, 5.74) is 0. The van der Waals surface area contributed by atoms with Crippen molar-refractivity contribution in [3.63, 3.8) is 0 Å². The summed E-state index contributed by atoms with van der Waals surface area (Å²) in [4.78, 5) is 8.34. The summed E-state index contributed by atoms with van der Waals surface area (Å²) in [5, 5.41) is 6.44. The summed E-state index contributed by atoms with van der Waals surface area (Å²) in [6.45, 7) is 10.9. The highest BCUT2D eigenvalue weighted by Gasteiger charge is 2.34. The molecule has 0 bridgehead atoms. The van der Waals surface area contributed by atoms with E-state index in [-0.39, 0.29) is 30.0 Å². The van der Waals surface area contributed by atoms with Gasteiger partial charge in [-0.25, -0.2) is 0 Å². The maximum absolute atomic E-state index is 12.4. The van der Waals surface area contributed by atoms with Gasteiger partial charge in [0.15, 0.2) is 5.96 Å². The normalized spacial score (nSPS) is 19.2. The van der Waals surface area contributed by atoms with Gasteiger partial charge in [0, 0.05) is 32.2 Å². The van der Waals surface area contributed by atoms with Crippen LogP contribution in [0, 0.1) is 0 Å². The van der Waals surface area contributed by atoms with Crippen LogP contribution in [0.3, 0.4) is 0 Å². The Kier molecular flexibility index (Phi) is 12.8. The Balaban J connectivity index is 0.00000576. The third-order valence-electron chi connectivity index (χ3n) is 4.16. The lowest BCUT2D eigenvalue weighted by atomic mass is 10.3. The van der Waals surface area contributed by atoms with Crippen molar-refractivity contribution in [3.05, 3.63) is 0 Å². The number of aliphatic imine (C=N–C) groups is 1. The van der Waals surface area contributed by atoms with E-state index in [4.69, 9.17) is 0 Å². The average Bonchev–Trinajstić information content (AvgIpc) is 2.92. The van der Waals surface area contributed by atoms with Crippen molar-refractivity contribution < 1.29 is 13.2 Å². The van der Waals surface area contributed by atoms with E-state index in [0.717, 1.165) is 32.6 Å². The predicted molar refractivity (Wildman–Crippen MR) is 108 cm³/mol. The van der Waals surface area contributed by atoms with Gasteiger partial charge in [-0.2, -0.15) is 13.2 Å². The lowest BCUT2D eigenvalue weighted by molar-refractivity contribution is -0.143. The lowest BCUT2D eigenvalue weighted by Crippen LogP contribution is -2.45. The number of nitrogens with one attached hydrogen (secondary N) is 2. The molecule has 0 radical (unpaired) electrons. The van der Waals surface area contributed by atoms with E-state index in [0.29, 0.717) is 32.0 Å². The highest BCUT2D eigenvalue weighted by atomic mass is 127. The van der Waals surface area contributed by atoms with Gasteiger partial charge in [-0.1, -0.05) is 13.8 Å². The van der Waals surface area contributed by atoms with Gasteiger partial charge in [0.25, 0.3) is 0 Å². The van der Waals surface area contributed by atoms with Crippen LogP contribution in [0.2, 0.25) is 0 Å². The molecule has 5 nitrogen and oxygen atoms in total. The van der Waals surface area contributed by atoms with E-state index < -0.39 is 12.7 Å². The van der Waals surface area contributed by atoms with E-state index in [2.05, 4.69) is 34.4 Å². The number of alkyl halides is 3. The Morgan fingerprint density at radius 3 is 2.48 bits per heavy atom. The Morgan fingerprint density at radius 2 is 1.92 bits per heavy atom. The standard InChI is InChI=1S/C16H32F3N5.HI/c1-4-20-15(21-9-7-10-23(5-2)6-3)22-14-8-11-24(12-14)13-16(17,18)19;/h14H,4-13H2,1-3H3,(H2,20,21,22);1H. The molecular weight excluding hydrogens is 446 g/mol. The summed E-state index contributed by atoms with van der Waals surface area (Å²) in [5.74, 6) is 0.705. The zero-order chi connectivity index (χ0) is 18.0. The van der Waals surface area contributed by atoms with Gasteiger partial charge in [0.1, 0.15) is 0 Å². The van der Waals surface area contributed by atoms with Gasteiger partial charge in [-0.15, -0.1) is 24.0 Å². The number of rotatable bonds is 9. The second kappa shape index (κ2) is 13.0. The molecule has 1 atom stereocenters. The minimum atomic E-state index is -4.13. The molecule has 0 aliphatic carbocycles. The monoisotopic (exact) mass is 479 g/mol. The molecule has 1 unspecified atom stereocenters. The Labute approximate surface area is 166 Å². The largest absolute Gasteiger partial charge is 0.401 e. The highest BCUT2D eigenvalue weighted by Crippen LogP contribution is 2.19. The minimum absolute atomic E-state index is 0. The number of hydrogen-bond acceptors (Lipinski definition) is 3. The third-order valence-corrected chi connectivity index (χ3v) is 4.16. The first-order valence-corrected chi connectivity index (χ1v) is 8.94. The van der Waals surface area contributed by atoms with Crippen LogP contribution in [0.15, 0.2) is 4.99 Å². The molecule has 1 fully saturated rings. The summed E-state index contributed by atoms with van der Waals surface area (Å²) in [7, 11) is 0. The van der Waals surface area contributed by atoms with E-state index in [1.807, 2.05) is 6.92 Å². The number of guanidine groups is 1. The molecular formula is C16H33F3IN5. The molecule has 0 aromatic carbocycles. The first kappa shape index (κ1) is 24.7. The second-order valence-corrected chi connectivity index (χ2v) is 6.12. The van der Waals surface area contributed by atoms with Crippen LogP contribution in [-0.2, 0) is 0 Å². The average molecular weight is 479 g/mol. The molecule has 150 valence electrons. The minimum Gasteiger partial charge on any atom is -0.357 e. The molecule has 1 rings (SSSR count). The van der Waals surface area contributed by atoms with Crippen molar-refractivity contribution in [1.29, 1.82) is 0 Å². The zero-order valence-electron chi connectivity index (χ0n) is 15.5. The first-order chi connectivity index (χ1) is 11.4. The van der Waals surface area contributed by atoms with Gasteiger partial charge in [0.2, 0.25) is 0 Å². The Bertz CT molecular complexity index is 375. The van der Waals surface area contributed by atoms with Crippen LogP contribution in [0.5, 0.6) is 0 Å². The van der Waals surface area contributed by atoms with Gasteiger partial charge >= 0.3 is 6.18 Å². The molecule has 25 heavy (non-hydrogen) atoms. The van der Waals surface area contributed by atoms with Gasteiger partial charge in [-0.3, -0.25) is 9.89 Å². The number of halogens is 4. The van der Waals surface area contributed by atoms with Crippen LogP contribution >= 0.6 is 24.0 Å². The number of likely N-dealkylation sites (tertiary alicyclic amines) is 1. The molecule has 9 heteroatoms. The van der Waals surface area contributed by atoms with E-state index >= 15 is 0 Å². The fourth-order valence-electron chi connectivity index (χ4n) is 2.89. The van der Waals surface area contributed by atoms with Crippen molar-refractivity contribution in [3.8, 4) is 0 Å². The van der Waals surface area contributed by atoms with Gasteiger partial charge < -0.3 is 15.5 Å². The molecule has 0 aromatic rings. The molecule has 1 heterocycles. The highest BCUT2D eigenvalue weighted by molar-refractivity contribution is 14.0. The van der Waals surface area contributed by atoms with Crippen molar-refractivity contribution in [2.24, 2.45) is 4.99 Å². The molecule has 0 spiro atoms. The maximum Gasteiger partial charge on any atom is 0.401 e. The first-order valence-electron chi connectivity index (χ1n) is 8.94. The quantitative estimate of drug-likeness (QED) is 0.231. The van der Waals surface area contributed by atoms with Crippen LogP contribution in [-0.4, -0.2) is 80.3 Å². The Morgan fingerprint density at radius 1 is 1.24 bits per heavy atom. The molecule has 1 aliphatic rings.